The van der Waals surface area contributed by atoms with Gasteiger partial charge in [-0.15, -0.1) is 0 Å². The van der Waals surface area contributed by atoms with Gasteiger partial charge in [-0.25, -0.2) is 4.99 Å². The van der Waals surface area contributed by atoms with Gasteiger partial charge in [0.25, 0.3) is 0 Å². The Kier molecular flexibility index (Phi) is 8.41. The number of fused-ring (bicyclic) bond motifs is 6. The first-order valence-corrected chi connectivity index (χ1v) is 17.0. The van der Waals surface area contributed by atoms with Crippen LogP contribution in [0.4, 0.5) is 0 Å². The molecule has 0 aliphatic rings. The number of hydrogen-bond acceptors (Lipinski definition) is 2. The predicted octanol–water partition coefficient (Wildman–Crippen LogP) is 12.0. The van der Waals surface area contributed by atoms with E-state index in [1.165, 1.54) is 16.3 Å². The highest BCUT2D eigenvalue weighted by Crippen LogP contribution is 2.37. The molecule has 0 aliphatic carbocycles. The second-order valence-corrected chi connectivity index (χ2v) is 12.7. The van der Waals surface area contributed by atoms with E-state index in [4.69, 9.17) is 15.6 Å². The Morgan fingerprint density at radius 2 is 1.12 bits per heavy atom. The van der Waals surface area contributed by atoms with Crippen LogP contribution in [-0.4, -0.2) is 11.7 Å². The Hall–Kier alpha value is -6.78. The quantitative estimate of drug-likeness (QED) is 0.146. The molecule has 1 heterocycles. The molecule has 9 rings (SSSR count). The van der Waals surface area contributed by atoms with Crippen LogP contribution < -0.4 is 5.73 Å². The summed E-state index contributed by atoms with van der Waals surface area (Å²) in [6, 6.07) is 59.7. The van der Waals surface area contributed by atoms with Crippen molar-refractivity contribution < 1.29 is 4.42 Å². The average molecular weight is 658 g/mol. The highest BCUT2D eigenvalue weighted by atomic mass is 16.3. The second-order valence-electron chi connectivity index (χ2n) is 12.7. The minimum Gasteiger partial charge on any atom is -0.456 e. The average Bonchev–Trinajstić information content (AvgIpc) is 3.57. The van der Waals surface area contributed by atoms with Gasteiger partial charge in [-0.3, -0.25) is 5.41 Å². The van der Waals surface area contributed by atoms with E-state index in [2.05, 4.69) is 127 Å². The van der Waals surface area contributed by atoms with Crippen LogP contribution >= 0.6 is 0 Å². The molecule has 0 saturated heterocycles. The molecule has 0 atom stereocenters. The highest BCUT2D eigenvalue weighted by molar-refractivity contribution is 6.19. The Morgan fingerprint density at radius 3 is 1.82 bits per heavy atom. The minimum atomic E-state index is 0.132. The van der Waals surface area contributed by atoms with Gasteiger partial charge in [0.2, 0.25) is 0 Å². The zero-order chi connectivity index (χ0) is 34.7. The summed E-state index contributed by atoms with van der Waals surface area (Å²) >= 11 is 0. The predicted molar refractivity (Wildman–Crippen MR) is 215 cm³/mol. The zero-order valence-corrected chi connectivity index (χ0v) is 28.2. The Bertz CT molecular complexity index is 2710. The Labute approximate surface area is 296 Å². The van der Waals surface area contributed by atoms with Gasteiger partial charge in [0.05, 0.1) is 0 Å². The van der Waals surface area contributed by atoms with Gasteiger partial charge in [-0.1, -0.05) is 151 Å². The number of furan rings is 1. The summed E-state index contributed by atoms with van der Waals surface area (Å²) < 4.78 is 6.22. The van der Waals surface area contributed by atoms with Crippen molar-refractivity contribution >= 4 is 55.2 Å². The second kappa shape index (κ2) is 13.6. The molecule has 0 amide bonds. The summed E-state index contributed by atoms with van der Waals surface area (Å²) in [5, 5.41) is 15.4. The monoisotopic (exact) mass is 657 g/mol. The van der Waals surface area contributed by atoms with E-state index in [-0.39, 0.29) is 5.84 Å². The van der Waals surface area contributed by atoms with Gasteiger partial charge in [-0.05, 0) is 81.1 Å². The molecule has 0 aliphatic heterocycles. The van der Waals surface area contributed by atoms with Crippen LogP contribution in [-0.2, 0) is 0 Å². The molecule has 4 heteroatoms. The van der Waals surface area contributed by atoms with Crippen LogP contribution in [0.5, 0.6) is 0 Å². The Balaban J connectivity index is 0.000000480. The maximum Gasteiger partial charge on any atom is 0.154 e. The fraction of sp³-hybridized carbons (Fsp3) is 0.0213. The number of hydrogen-bond donors (Lipinski definition) is 2. The number of rotatable bonds is 4. The summed E-state index contributed by atoms with van der Waals surface area (Å²) in [5.41, 5.74) is 15.5. The first kappa shape index (κ1) is 31.5. The van der Waals surface area contributed by atoms with Gasteiger partial charge in [0.1, 0.15) is 17.0 Å². The van der Waals surface area contributed by atoms with Crippen molar-refractivity contribution in [3.05, 3.63) is 193 Å². The van der Waals surface area contributed by atoms with E-state index in [0.717, 1.165) is 66.1 Å². The number of amidine groups is 2. The van der Waals surface area contributed by atoms with Crippen molar-refractivity contribution in [3.63, 3.8) is 0 Å². The molecule has 9 aromatic rings. The fourth-order valence-corrected chi connectivity index (χ4v) is 6.64. The van der Waals surface area contributed by atoms with Gasteiger partial charge in [-0.2, -0.15) is 0 Å². The van der Waals surface area contributed by atoms with E-state index in [0.29, 0.717) is 5.84 Å². The third kappa shape index (κ3) is 6.39. The van der Waals surface area contributed by atoms with Crippen LogP contribution in [0, 0.1) is 12.3 Å². The summed E-state index contributed by atoms with van der Waals surface area (Å²) in [6.45, 7) is 2.08. The van der Waals surface area contributed by atoms with E-state index in [9.17, 15) is 0 Å². The molecule has 244 valence electrons. The van der Waals surface area contributed by atoms with E-state index < -0.39 is 0 Å². The first-order chi connectivity index (χ1) is 25.0. The Morgan fingerprint density at radius 1 is 0.529 bits per heavy atom. The third-order valence-electron chi connectivity index (χ3n) is 9.27. The molecule has 3 N–H and O–H groups in total. The summed E-state index contributed by atoms with van der Waals surface area (Å²) in [5.74, 6) is 0.445. The third-order valence-corrected chi connectivity index (χ3v) is 9.27. The van der Waals surface area contributed by atoms with Crippen LogP contribution in [0.3, 0.4) is 0 Å². The summed E-state index contributed by atoms with van der Waals surface area (Å²) in [6.07, 6.45) is 0. The standard InChI is InChI=1S/C40H27N3O.C7H8/c41-39(28-9-2-1-3-10-28)43-40(42)34-23-30-12-5-4-11-29(30)22-33(34)27-16-14-25(15-17-27)31-19-20-36-35(24-31)38-32-13-7-6-8-26(32)18-21-37(38)44-36;1-7-5-3-2-4-6-7/h1-24H,(H3,41,42,43);2-6H,1H3. The van der Waals surface area contributed by atoms with Crippen LogP contribution in [0.25, 0.3) is 65.7 Å². The number of nitrogens with two attached hydrogens (primary N) is 1. The molecule has 0 saturated carbocycles. The lowest BCUT2D eigenvalue weighted by Crippen LogP contribution is -2.17. The summed E-state index contributed by atoms with van der Waals surface area (Å²) in [7, 11) is 0. The van der Waals surface area contributed by atoms with Crippen molar-refractivity contribution in [2.45, 2.75) is 6.92 Å². The van der Waals surface area contributed by atoms with Crippen LogP contribution in [0.2, 0.25) is 0 Å². The van der Waals surface area contributed by atoms with E-state index >= 15 is 0 Å². The lowest BCUT2D eigenvalue weighted by molar-refractivity contribution is 0.669. The fourth-order valence-electron chi connectivity index (χ4n) is 6.64. The van der Waals surface area contributed by atoms with Crippen molar-refractivity contribution in [2.75, 3.05) is 0 Å². The zero-order valence-electron chi connectivity index (χ0n) is 28.2. The van der Waals surface area contributed by atoms with E-state index in [1.807, 2.05) is 60.7 Å². The SMILES string of the molecule is Cc1ccccc1.N=C(N=C(N)c1cc2ccccc2cc1-c1ccc(-c2ccc3oc4ccc5ccccc5c4c3c2)cc1)c1ccccc1. The molecule has 0 bridgehead atoms. The van der Waals surface area contributed by atoms with Crippen molar-refractivity contribution in [1.82, 2.24) is 0 Å². The molecule has 51 heavy (non-hydrogen) atoms. The summed E-state index contributed by atoms with van der Waals surface area (Å²) in [4.78, 5) is 4.51. The topological polar surface area (TPSA) is 75.4 Å². The number of benzene rings is 8. The molecule has 0 spiro atoms. The highest BCUT2D eigenvalue weighted by Gasteiger charge is 2.14. The van der Waals surface area contributed by atoms with E-state index in [1.54, 1.807) is 0 Å². The normalized spacial score (nSPS) is 11.5. The number of nitrogens with one attached hydrogen (secondary N) is 1. The first-order valence-electron chi connectivity index (χ1n) is 17.0. The van der Waals surface area contributed by atoms with Gasteiger partial charge in [0.15, 0.2) is 5.84 Å². The number of aliphatic imine (C=N–C) groups is 1. The van der Waals surface area contributed by atoms with Crippen LogP contribution in [0.15, 0.2) is 185 Å². The molecule has 1 aromatic heterocycles. The van der Waals surface area contributed by atoms with Crippen LogP contribution in [0.1, 0.15) is 16.7 Å². The van der Waals surface area contributed by atoms with Crippen molar-refractivity contribution in [2.24, 2.45) is 10.7 Å². The maximum atomic E-state index is 8.54. The molecule has 0 unspecified atom stereocenters. The maximum absolute atomic E-state index is 8.54. The number of aryl methyl sites for hydroxylation is 1. The van der Waals surface area contributed by atoms with Crippen molar-refractivity contribution in [1.29, 1.82) is 5.41 Å². The van der Waals surface area contributed by atoms with Gasteiger partial charge in [0, 0.05) is 21.9 Å². The number of nitrogens with zero attached hydrogens (tertiary/aromatic N) is 1. The smallest absolute Gasteiger partial charge is 0.154 e. The minimum absolute atomic E-state index is 0.132. The van der Waals surface area contributed by atoms with Crippen molar-refractivity contribution in [3.8, 4) is 22.3 Å². The molecule has 4 nitrogen and oxygen atoms in total. The molecular weight excluding hydrogens is 623 g/mol. The molecular formula is C47H35N3O. The lowest BCUT2D eigenvalue weighted by Gasteiger charge is -2.13. The molecule has 0 radical (unpaired) electrons. The largest absolute Gasteiger partial charge is 0.456 e. The van der Waals surface area contributed by atoms with Gasteiger partial charge >= 0.3 is 0 Å². The lowest BCUT2D eigenvalue weighted by atomic mass is 9.93. The van der Waals surface area contributed by atoms with Gasteiger partial charge < -0.3 is 10.2 Å². The molecule has 8 aromatic carbocycles. The molecule has 0 fully saturated rings.